The van der Waals surface area contributed by atoms with Gasteiger partial charge in [0.25, 0.3) is 0 Å². The van der Waals surface area contributed by atoms with E-state index in [0.717, 1.165) is 16.7 Å². The van der Waals surface area contributed by atoms with Crippen molar-refractivity contribution in [1.82, 2.24) is 0 Å². The second-order valence-electron chi connectivity index (χ2n) is 4.40. The van der Waals surface area contributed by atoms with Crippen molar-refractivity contribution in [3.05, 3.63) is 50.7 Å². The molecule has 86 valence electrons. The quantitative estimate of drug-likeness (QED) is 0.576. The number of allylic oxidation sites excluding steroid dienone is 1. The Labute approximate surface area is 95.9 Å². The predicted octanol–water partition coefficient (Wildman–Crippen LogP) is 3.58. The molecule has 0 saturated carbocycles. The second kappa shape index (κ2) is 4.92. The minimum Gasteiger partial charge on any atom is -0.259 e. The molecule has 0 spiro atoms. The molecule has 0 unspecified atom stereocenters. The largest absolute Gasteiger partial charge is 0.259 e. The molecule has 0 heterocycles. The van der Waals surface area contributed by atoms with Gasteiger partial charge in [-0.2, -0.15) is 0 Å². The molecule has 3 nitrogen and oxygen atoms in total. The van der Waals surface area contributed by atoms with Crippen molar-refractivity contribution in [2.24, 2.45) is 5.92 Å². The average molecular weight is 219 g/mol. The van der Waals surface area contributed by atoms with Gasteiger partial charge >= 0.3 is 0 Å². The van der Waals surface area contributed by atoms with Gasteiger partial charge in [-0.15, -0.1) is 0 Å². The van der Waals surface area contributed by atoms with Crippen LogP contribution in [0.2, 0.25) is 0 Å². The fourth-order valence-electron chi connectivity index (χ4n) is 1.69. The summed E-state index contributed by atoms with van der Waals surface area (Å²) in [6.45, 7) is 7.64. The van der Waals surface area contributed by atoms with Crippen LogP contribution in [0.4, 0.5) is 0 Å². The first-order valence-corrected chi connectivity index (χ1v) is 5.34. The number of benzene rings is 1. The molecule has 0 aliphatic rings. The molecule has 1 rings (SSSR count). The van der Waals surface area contributed by atoms with E-state index in [4.69, 9.17) is 0 Å². The van der Waals surface area contributed by atoms with E-state index in [1.165, 1.54) is 0 Å². The molecule has 0 fully saturated rings. The highest BCUT2D eigenvalue weighted by Crippen LogP contribution is 2.17. The van der Waals surface area contributed by atoms with Crippen molar-refractivity contribution in [3.63, 3.8) is 0 Å². The van der Waals surface area contributed by atoms with Crippen LogP contribution < -0.4 is 0 Å². The molecule has 3 heteroatoms. The van der Waals surface area contributed by atoms with Gasteiger partial charge < -0.3 is 0 Å². The van der Waals surface area contributed by atoms with Crippen molar-refractivity contribution in [2.75, 3.05) is 0 Å². The highest BCUT2D eigenvalue weighted by molar-refractivity contribution is 5.53. The molecule has 0 aliphatic carbocycles. The van der Waals surface area contributed by atoms with Gasteiger partial charge in [0, 0.05) is 12.0 Å². The second-order valence-corrected chi connectivity index (χ2v) is 4.40. The maximum absolute atomic E-state index is 10.9. The van der Waals surface area contributed by atoms with Crippen LogP contribution in [0.1, 0.15) is 30.5 Å². The smallest absolute Gasteiger partial charge is 0.249 e. The van der Waals surface area contributed by atoms with Crippen molar-refractivity contribution in [3.8, 4) is 0 Å². The lowest BCUT2D eigenvalue weighted by molar-refractivity contribution is -0.431. The Kier molecular flexibility index (Phi) is 3.82. The predicted molar refractivity (Wildman–Crippen MR) is 65.7 cm³/mol. The Balaban J connectivity index is 3.17. The normalized spacial score (nSPS) is 11.9. The van der Waals surface area contributed by atoms with Gasteiger partial charge in [0.2, 0.25) is 5.70 Å². The third-order valence-corrected chi connectivity index (χ3v) is 2.36. The summed E-state index contributed by atoms with van der Waals surface area (Å²) in [6.07, 6.45) is 1.66. The van der Waals surface area contributed by atoms with E-state index >= 15 is 0 Å². The topological polar surface area (TPSA) is 43.1 Å². The van der Waals surface area contributed by atoms with Crippen LogP contribution in [0.3, 0.4) is 0 Å². The number of nitrogens with zero attached hydrogens (tertiary/aromatic N) is 1. The highest BCUT2D eigenvalue weighted by Gasteiger charge is 2.15. The molecule has 0 saturated heterocycles. The summed E-state index contributed by atoms with van der Waals surface area (Å²) in [5, 5.41) is 10.9. The molecule has 0 aromatic heterocycles. The SMILES string of the molecule is Cc1cc(C)cc(/C=C(/C(C)C)[N+](=O)[O-])c1. The maximum Gasteiger partial charge on any atom is 0.249 e. The molecular formula is C13H17NO2. The fraction of sp³-hybridized carbons (Fsp3) is 0.385. The van der Waals surface area contributed by atoms with Crippen LogP contribution in [0.25, 0.3) is 6.08 Å². The zero-order valence-electron chi connectivity index (χ0n) is 10.2. The number of rotatable bonds is 3. The Morgan fingerprint density at radius 2 is 1.75 bits per heavy atom. The molecule has 0 N–H and O–H groups in total. The summed E-state index contributed by atoms with van der Waals surface area (Å²) in [5.41, 5.74) is 3.40. The van der Waals surface area contributed by atoms with E-state index < -0.39 is 0 Å². The molecule has 0 radical (unpaired) electrons. The molecule has 1 aromatic carbocycles. The van der Waals surface area contributed by atoms with Crippen LogP contribution >= 0.6 is 0 Å². The molecule has 16 heavy (non-hydrogen) atoms. The van der Waals surface area contributed by atoms with E-state index in [0.29, 0.717) is 0 Å². The van der Waals surface area contributed by atoms with Crippen molar-refractivity contribution in [1.29, 1.82) is 0 Å². The van der Waals surface area contributed by atoms with Crippen molar-refractivity contribution < 1.29 is 4.92 Å². The van der Waals surface area contributed by atoms with Gasteiger partial charge in [-0.1, -0.05) is 43.2 Å². The van der Waals surface area contributed by atoms with Crippen LogP contribution in [0.5, 0.6) is 0 Å². The molecule has 0 amide bonds. The van der Waals surface area contributed by atoms with E-state index in [1.807, 2.05) is 39.8 Å². The first-order valence-electron chi connectivity index (χ1n) is 5.34. The number of hydrogen-bond donors (Lipinski definition) is 0. The lowest BCUT2D eigenvalue weighted by Crippen LogP contribution is -2.05. The molecule has 0 bridgehead atoms. The van der Waals surface area contributed by atoms with Crippen LogP contribution in [-0.2, 0) is 0 Å². The number of hydrogen-bond acceptors (Lipinski definition) is 2. The summed E-state index contributed by atoms with van der Waals surface area (Å²) >= 11 is 0. The third kappa shape index (κ3) is 3.19. The van der Waals surface area contributed by atoms with E-state index in [1.54, 1.807) is 6.08 Å². The molecular weight excluding hydrogens is 202 g/mol. The molecule has 0 atom stereocenters. The zero-order valence-corrected chi connectivity index (χ0v) is 10.2. The lowest BCUT2D eigenvalue weighted by Gasteiger charge is -2.03. The maximum atomic E-state index is 10.9. The minimum atomic E-state index is -0.303. The molecule has 1 aromatic rings. The van der Waals surface area contributed by atoms with Gasteiger partial charge in [0.15, 0.2) is 0 Å². The first-order chi connectivity index (χ1) is 7.40. The van der Waals surface area contributed by atoms with Crippen LogP contribution in [-0.4, -0.2) is 4.92 Å². The first kappa shape index (κ1) is 12.4. The van der Waals surface area contributed by atoms with Gasteiger partial charge in [-0.05, 0) is 19.4 Å². The fourth-order valence-corrected chi connectivity index (χ4v) is 1.69. The summed E-state index contributed by atoms with van der Waals surface area (Å²) in [7, 11) is 0. The highest BCUT2D eigenvalue weighted by atomic mass is 16.6. The van der Waals surface area contributed by atoms with E-state index in [2.05, 4.69) is 6.07 Å². The number of aryl methyl sites for hydroxylation is 2. The van der Waals surface area contributed by atoms with E-state index in [9.17, 15) is 10.1 Å². The standard InChI is InChI=1S/C13H17NO2/c1-9(2)13(14(15)16)8-12-6-10(3)5-11(4)7-12/h5-9H,1-4H3/b13-8-. The van der Waals surface area contributed by atoms with Crippen molar-refractivity contribution >= 4 is 6.08 Å². The third-order valence-electron chi connectivity index (χ3n) is 2.36. The number of nitro groups is 1. The van der Waals surface area contributed by atoms with Crippen LogP contribution in [0, 0.1) is 29.9 Å². The Bertz CT molecular complexity index is 413. The van der Waals surface area contributed by atoms with Gasteiger partial charge in [0.1, 0.15) is 0 Å². The average Bonchev–Trinajstić information content (AvgIpc) is 2.11. The Morgan fingerprint density at radius 1 is 1.25 bits per heavy atom. The Morgan fingerprint density at radius 3 is 2.12 bits per heavy atom. The van der Waals surface area contributed by atoms with Gasteiger partial charge in [-0.3, -0.25) is 10.1 Å². The van der Waals surface area contributed by atoms with E-state index in [-0.39, 0.29) is 16.5 Å². The monoisotopic (exact) mass is 219 g/mol. The van der Waals surface area contributed by atoms with Gasteiger partial charge in [0.05, 0.1) is 4.92 Å². The molecule has 0 aliphatic heterocycles. The lowest BCUT2D eigenvalue weighted by atomic mass is 10.0. The Hall–Kier alpha value is -1.64. The minimum absolute atomic E-state index is 0.0733. The van der Waals surface area contributed by atoms with Crippen LogP contribution in [0.15, 0.2) is 23.9 Å². The van der Waals surface area contributed by atoms with Crippen molar-refractivity contribution in [2.45, 2.75) is 27.7 Å². The summed E-state index contributed by atoms with van der Waals surface area (Å²) in [5.74, 6) is -0.0733. The van der Waals surface area contributed by atoms with Gasteiger partial charge in [-0.25, -0.2) is 0 Å². The zero-order chi connectivity index (χ0) is 12.3. The summed E-state index contributed by atoms with van der Waals surface area (Å²) in [6, 6.07) is 5.97. The summed E-state index contributed by atoms with van der Waals surface area (Å²) in [4.78, 5) is 10.5. The summed E-state index contributed by atoms with van der Waals surface area (Å²) < 4.78 is 0.